The third-order valence-electron chi connectivity index (χ3n) is 3.06. The highest BCUT2D eigenvalue weighted by Gasteiger charge is 2.18. The molecule has 1 unspecified atom stereocenters. The first-order chi connectivity index (χ1) is 10.0. The summed E-state index contributed by atoms with van der Waals surface area (Å²) in [6.07, 6.45) is 0.601. The second-order valence-corrected chi connectivity index (χ2v) is 4.61. The van der Waals surface area contributed by atoms with Gasteiger partial charge in [-0.2, -0.15) is 0 Å². The van der Waals surface area contributed by atoms with Crippen molar-refractivity contribution in [2.24, 2.45) is 0 Å². The van der Waals surface area contributed by atoms with E-state index in [-0.39, 0.29) is 23.3 Å². The van der Waals surface area contributed by atoms with Gasteiger partial charge in [0.05, 0.1) is 11.0 Å². The third kappa shape index (κ3) is 3.44. The molecule has 0 saturated heterocycles. The summed E-state index contributed by atoms with van der Waals surface area (Å²) >= 11 is 0. The smallest absolute Gasteiger partial charge is 0.273 e. The van der Waals surface area contributed by atoms with Gasteiger partial charge in [0.15, 0.2) is 5.69 Å². The fourth-order valence-corrected chi connectivity index (χ4v) is 1.98. The largest absolute Gasteiger partial charge is 0.361 e. The maximum atomic E-state index is 12.1. The highest BCUT2D eigenvalue weighted by molar-refractivity contribution is 5.92. The van der Waals surface area contributed by atoms with E-state index in [1.165, 1.54) is 18.2 Å². The Balaban J connectivity index is 2.18. The van der Waals surface area contributed by atoms with Gasteiger partial charge in [-0.1, -0.05) is 24.2 Å². The van der Waals surface area contributed by atoms with Crippen molar-refractivity contribution in [2.75, 3.05) is 0 Å². The zero-order valence-electron chi connectivity index (χ0n) is 11.7. The average Bonchev–Trinajstić information content (AvgIpc) is 2.91. The molecule has 2 aromatic rings. The number of aryl methyl sites for hydroxylation is 1. The number of carbonyl (C=O) groups excluding carboxylic acids is 1. The maximum absolute atomic E-state index is 12.1. The third-order valence-corrected chi connectivity index (χ3v) is 3.06. The molecule has 0 saturated carbocycles. The molecule has 1 atom stereocenters. The lowest BCUT2D eigenvalue weighted by Crippen LogP contribution is -2.28. The predicted molar refractivity (Wildman–Crippen MR) is 74.8 cm³/mol. The molecule has 0 bridgehead atoms. The molecule has 1 amide bonds. The average molecular weight is 289 g/mol. The Bertz CT molecular complexity index is 666. The number of nitrogens with zero attached hydrogens (tertiary/aromatic N) is 2. The summed E-state index contributed by atoms with van der Waals surface area (Å²) in [7, 11) is 0. The maximum Gasteiger partial charge on any atom is 0.273 e. The van der Waals surface area contributed by atoms with E-state index in [1.807, 2.05) is 6.92 Å². The highest BCUT2D eigenvalue weighted by Crippen LogP contribution is 2.22. The van der Waals surface area contributed by atoms with Crippen molar-refractivity contribution in [1.29, 1.82) is 0 Å². The SMILES string of the molecule is CCC(NC(=O)c1cc(C)on1)c1cccc([N+](=O)[O-])c1. The summed E-state index contributed by atoms with van der Waals surface area (Å²) < 4.78 is 4.86. The highest BCUT2D eigenvalue weighted by atomic mass is 16.6. The summed E-state index contributed by atoms with van der Waals surface area (Å²) in [6, 6.07) is 7.43. The number of amides is 1. The van der Waals surface area contributed by atoms with E-state index in [0.717, 1.165) is 0 Å². The van der Waals surface area contributed by atoms with Crippen molar-refractivity contribution in [3.05, 3.63) is 57.5 Å². The number of non-ortho nitro benzene ring substituents is 1. The van der Waals surface area contributed by atoms with Crippen LogP contribution in [-0.4, -0.2) is 16.0 Å². The van der Waals surface area contributed by atoms with Gasteiger partial charge in [0.1, 0.15) is 5.76 Å². The van der Waals surface area contributed by atoms with Gasteiger partial charge in [0.2, 0.25) is 0 Å². The lowest BCUT2D eigenvalue weighted by Gasteiger charge is -2.16. The summed E-state index contributed by atoms with van der Waals surface area (Å²) in [4.78, 5) is 22.4. The molecule has 7 heteroatoms. The molecule has 7 nitrogen and oxygen atoms in total. The van der Waals surface area contributed by atoms with E-state index < -0.39 is 4.92 Å². The van der Waals surface area contributed by atoms with Crippen molar-refractivity contribution in [3.8, 4) is 0 Å². The minimum absolute atomic E-state index is 0.00233. The Morgan fingerprint density at radius 1 is 1.48 bits per heavy atom. The molecule has 1 heterocycles. The molecule has 0 fully saturated rings. The van der Waals surface area contributed by atoms with Crippen LogP contribution < -0.4 is 5.32 Å². The van der Waals surface area contributed by atoms with Crippen molar-refractivity contribution in [1.82, 2.24) is 10.5 Å². The number of hydrogen-bond donors (Lipinski definition) is 1. The number of hydrogen-bond acceptors (Lipinski definition) is 5. The summed E-state index contributed by atoms with van der Waals surface area (Å²) in [6.45, 7) is 3.58. The van der Waals surface area contributed by atoms with E-state index >= 15 is 0 Å². The molecule has 21 heavy (non-hydrogen) atoms. The van der Waals surface area contributed by atoms with Crippen LogP contribution in [0.3, 0.4) is 0 Å². The second-order valence-electron chi connectivity index (χ2n) is 4.61. The number of nitro benzene ring substituents is 1. The number of benzene rings is 1. The zero-order valence-corrected chi connectivity index (χ0v) is 11.7. The van der Waals surface area contributed by atoms with Crippen LogP contribution in [0.25, 0.3) is 0 Å². The van der Waals surface area contributed by atoms with Crippen LogP contribution in [0.2, 0.25) is 0 Å². The molecule has 1 aromatic heterocycles. The van der Waals surface area contributed by atoms with Crippen LogP contribution in [0, 0.1) is 17.0 Å². The van der Waals surface area contributed by atoms with E-state index in [4.69, 9.17) is 4.52 Å². The van der Waals surface area contributed by atoms with Crippen LogP contribution in [0.4, 0.5) is 5.69 Å². The van der Waals surface area contributed by atoms with Gasteiger partial charge in [0, 0.05) is 18.2 Å². The van der Waals surface area contributed by atoms with E-state index in [1.54, 1.807) is 19.1 Å². The van der Waals surface area contributed by atoms with Crippen LogP contribution in [0.15, 0.2) is 34.9 Å². The summed E-state index contributed by atoms with van der Waals surface area (Å²) in [5.74, 6) is 0.175. The fourth-order valence-electron chi connectivity index (χ4n) is 1.98. The van der Waals surface area contributed by atoms with Gasteiger partial charge < -0.3 is 9.84 Å². The van der Waals surface area contributed by atoms with Crippen molar-refractivity contribution < 1.29 is 14.2 Å². The molecule has 110 valence electrons. The van der Waals surface area contributed by atoms with Gasteiger partial charge in [-0.25, -0.2) is 0 Å². The second kappa shape index (κ2) is 6.17. The number of nitro groups is 1. The van der Waals surface area contributed by atoms with E-state index in [9.17, 15) is 14.9 Å². The Kier molecular flexibility index (Phi) is 4.32. The minimum atomic E-state index is -0.459. The number of carbonyl (C=O) groups is 1. The normalized spacial score (nSPS) is 11.9. The van der Waals surface area contributed by atoms with Crippen molar-refractivity contribution in [2.45, 2.75) is 26.3 Å². The van der Waals surface area contributed by atoms with Crippen LogP contribution in [0.5, 0.6) is 0 Å². The minimum Gasteiger partial charge on any atom is -0.361 e. The Morgan fingerprint density at radius 3 is 2.81 bits per heavy atom. The number of aromatic nitrogens is 1. The summed E-state index contributed by atoms with van der Waals surface area (Å²) in [5.41, 5.74) is 0.870. The van der Waals surface area contributed by atoms with Gasteiger partial charge in [-0.3, -0.25) is 14.9 Å². The number of rotatable bonds is 5. The van der Waals surface area contributed by atoms with Gasteiger partial charge in [-0.05, 0) is 18.9 Å². The van der Waals surface area contributed by atoms with Gasteiger partial charge >= 0.3 is 0 Å². The van der Waals surface area contributed by atoms with E-state index in [0.29, 0.717) is 17.7 Å². The summed E-state index contributed by atoms with van der Waals surface area (Å²) in [5, 5.41) is 17.2. The standard InChI is InChI=1S/C14H15N3O4/c1-3-12(10-5-4-6-11(8-10)17(19)20)15-14(18)13-7-9(2)21-16-13/h4-8,12H,3H2,1-2H3,(H,15,18). The molecule has 0 aliphatic heterocycles. The topological polar surface area (TPSA) is 98.3 Å². The zero-order chi connectivity index (χ0) is 15.4. The molecular weight excluding hydrogens is 274 g/mol. The predicted octanol–water partition coefficient (Wildman–Crippen LogP) is 2.77. The Morgan fingerprint density at radius 2 is 2.24 bits per heavy atom. The van der Waals surface area contributed by atoms with Crippen LogP contribution >= 0.6 is 0 Å². The van der Waals surface area contributed by atoms with Crippen molar-refractivity contribution in [3.63, 3.8) is 0 Å². The van der Waals surface area contributed by atoms with Gasteiger partial charge in [0.25, 0.3) is 11.6 Å². The Hall–Kier alpha value is -2.70. The molecule has 0 aliphatic rings. The molecular formula is C14H15N3O4. The molecule has 1 aromatic carbocycles. The number of nitrogens with one attached hydrogen (secondary N) is 1. The molecule has 1 N–H and O–H groups in total. The monoisotopic (exact) mass is 289 g/mol. The van der Waals surface area contributed by atoms with E-state index in [2.05, 4.69) is 10.5 Å². The first kappa shape index (κ1) is 14.7. The van der Waals surface area contributed by atoms with Crippen LogP contribution in [-0.2, 0) is 0 Å². The first-order valence-corrected chi connectivity index (χ1v) is 6.49. The molecule has 0 spiro atoms. The van der Waals surface area contributed by atoms with Crippen LogP contribution in [0.1, 0.15) is 41.2 Å². The molecule has 2 rings (SSSR count). The lowest BCUT2D eigenvalue weighted by molar-refractivity contribution is -0.384. The molecule has 0 radical (unpaired) electrons. The fraction of sp³-hybridized carbons (Fsp3) is 0.286. The lowest BCUT2D eigenvalue weighted by atomic mass is 10.0. The van der Waals surface area contributed by atoms with Crippen molar-refractivity contribution >= 4 is 11.6 Å². The first-order valence-electron chi connectivity index (χ1n) is 6.49. The van der Waals surface area contributed by atoms with Gasteiger partial charge in [-0.15, -0.1) is 0 Å². The Labute approximate surface area is 121 Å². The quantitative estimate of drug-likeness (QED) is 0.674. The molecule has 0 aliphatic carbocycles.